The molecule has 2 heteroatoms. The molecule has 0 aromatic carbocycles. The Hall–Kier alpha value is 0.177. The van der Waals surface area contributed by atoms with E-state index in [-0.39, 0.29) is 0 Å². The average Bonchev–Trinajstić information content (AvgIpc) is 2.04. The summed E-state index contributed by atoms with van der Waals surface area (Å²) >= 11 is 0. The Morgan fingerprint density at radius 1 is 1.00 bits per heavy atom. The average molecular weight is 188 g/mol. The Morgan fingerprint density at radius 2 is 1.33 bits per heavy atom. The van der Waals surface area contributed by atoms with Crippen molar-refractivity contribution in [1.82, 2.24) is 0 Å². The van der Waals surface area contributed by atoms with Crippen molar-refractivity contribution >= 4 is 9.04 Å². The normalized spacial score (nSPS) is 18.8. The summed E-state index contributed by atoms with van der Waals surface area (Å²) in [6, 6.07) is 0. The van der Waals surface area contributed by atoms with Crippen LogP contribution < -0.4 is 0 Å². The summed E-state index contributed by atoms with van der Waals surface area (Å²) in [7, 11) is -1.43. The molecular formula is C10H24OSi. The van der Waals surface area contributed by atoms with Gasteiger partial charge in [-0.05, 0) is 11.1 Å². The lowest BCUT2D eigenvalue weighted by molar-refractivity contribution is 0.504. The highest BCUT2D eigenvalue weighted by atomic mass is 28.3. The summed E-state index contributed by atoms with van der Waals surface area (Å²) in [4.78, 5) is 9.99. The van der Waals surface area contributed by atoms with E-state index in [0.717, 1.165) is 0 Å². The Labute approximate surface area is 78.9 Å². The van der Waals surface area contributed by atoms with E-state index in [0.29, 0.717) is 11.1 Å². The molecule has 2 atom stereocenters. The number of hydrogen-bond donors (Lipinski definition) is 1. The standard InChI is InChI=1S/C10H24OSi/c1-5-7-9(3)12(11)10(4)8-6-2/h9-12H,5-8H2,1-4H3. The van der Waals surface area contributed by atoms with Gasteiger partial charge in [-0.2, -0.15) is 0 Å². The highest BCUT2D eigenvalue weighted by Crippen LogP contribution is 2.26. The van der Waals surface area contributed by atoms with Crippen LogP contribution in [-0.2, 0) is 0 Å². The first-order valence-corrected chi connectivity index (χ1v) is 7.16. The molecule has 0 aliphatic heterocycles. The van der Waals surface area contributed by atoms with Gasteiger partial charge in [-0.25, -0.2) is 0 Å². The summed E-state index contributed by atoms with van der Waals surface area (Å²) < 4.78 is 0. The molecule has 0 spiro atoms. The Morgan fingerprint density at radius 3 is 1.58 bits per heavy atom. The van der Waals surface area contributed by atoms with E-state index in [1.165, 1.54) is 25.7 Å². The first-order chi connectivity index (χ1) is 5.63. The van der Waals surface area contributed by atoms with Crippen molar-refractivity contribution in [1.29, 1.82) is 0 Å². The van der Waals surface area contributed by atoms with Crippen molar-refractivity contribution in [2.24, 2.45) is 0 Å². The maximum absolute atomic E-state index is 9.99. The van der Waals surface area contributed by atoms with Crippen LogP contribution in [0.25, 0.3) is 0 Å². The second kappa shape index (κ2) is 6.67. The smallest absolute Gasteiger partial charge is 0.178 e. The van der Waals surface area contributed by atoms with Gasteiger partial charge in [0.1, 0.15) is 0 Å². The van der Waals surface area contributed by atoms with Crippen LogP contribution in [0.15, 0.2) is 0 Å². The van der Waals surface area contributed by atoms with Crippen molar-refractivity contribution in [2.45, 2.75) is 64.5 Å². The molecule has 0 radical (unpaired) electrons. The van der Waals surface area contributed by atoms with E-state index < -0.39 is 9.04 Å². The van der Waals surface area contributed by atoms with Gasteiger partial charge in [-0.3, -0.25) is 0 Å². The molecule has 0 rings (SSSR count). The van der Waals surface area contributed by atoms with Crippen LogP contribution >= 0.6 is 0 Å². The van der Waals surface area contributed by atoms with E-state index in [4.69, 9.17) is 0 Å². The summed E-state index contributed by atoms with van der Waals surface area (Å²) in [5, 5.41) is 0. The van der Waals surface area contributed by atoms with Gasteiger partial charge in [-0.15, -0.1) is 0 Å². The van der Waals surface area contributed by atoms with E-state index in [2.05, 4.69) is 27.7 Å². The van der Waals surface area contributed by atoms with E-state index in [1.807, 2.05) is 0 Å². The molecule has 12 heavy (non-hydrogen) atoms. The minimum absolute atomic E-state index is 0.608. The molecule has 0 amide bonds. The van der Waals surface area contributed by atoms with E-state index in [9.17, 15) is 4.80 Å². The molecule has 0 aliphatic rings. The summed E-state index contributed by atoms with van der Waals surface area (Å²) in [5.41, 5.74) is 1.22. The van der Waals surface area contributed by atoms with Gasteiger partial charge in [0.15, 0.2) is 9.04 Å². The Bertz CT molecular complexity index is 94.0. The number of hydrogen-bond acceptors (Lipinski definition) is 1. The van der Waals surface area contributed by atoms with Crippen molar-refractivity contribution in [3.8, 4) is 0 Å². The van der Waals surface area contributed by atoms with Gasteiger partial charge >= 0.3 is 0 Å². The predicted octanol–water partition coefficient (Wildman–Crippen LogP) is 3.08. The van der Waals surface area contributed by atoms with Gasteiger partial charge in [0.05, 0.1) is 0 Å². The molecule has 0 saturated carbocycles. The van der Waals surface area contributed by atoms with Gasteiger partial charge in [0, 0.05) is 0 Å². The molecule has 1 nitrogen and oxygen atoms in total. The molecule has 0 bridgehead atoms. The van der Waals surface area contributed by atoms with Gasteiger partial charge in [0.25, 0.3) is 0 Å². The van der Waals surface area contributed by atoms with Crippen molar-refractivity contribution in [3.63, 3.8) is 0 Å². The van der Waals surface area contributed by atoms with Crippen LogP contribution in [0.4, 0.5) is 0 Å². The zero-order chi connectivity index (χ0) is 9.56. The summed E-state index contributed by atoms with van der Waals surface area (Å²) in [6.45, 7) is 8.82. The molecule has 0 aromatic heterocycles. The molecule has 0 aliphatic carbocycles. The Kier molecular flexibility index (Phi) is 6.77. The molecule has 0 heterocycles. The zero-order valence-electron chi connectivity index (χ0n) is 9.01. The highest BCUT2D eigenvalue weighted by molar-refractivity contribution is 6.53. The molecule has 0 fully saturated rings. The lowest BCUT2D eigenvalue weighted by atomic mass is 10.2. The summed E-state index contributed by atoms with van der Waals surface area (Å²) in [5.74, 6) is 0. The van der Waals surface area contributed by atoms with Gasteiger partial charge in [0.2, 0.25) is 0 Å². The SMILES string of the molecule is CCCC(C)[SiH](O)C(C)CCC. The monoisotopic (exact) mass is 188 g/mol. The lowest BCUT2D eigenvalue weighted by Gasteiger charge is -2.22. The maximum atomic E-state index is 9.99. The topological polar surface area (TPSA) is 20.2 Å². The van der Waals surface area contributed by atoms with Crippen molar-refractivity contribution < 1.29 is 4.80 Å². The quantitative estimate of drug-likeness (QED) is 0.635. The second-order valence-corrected chi connectivity index (χ2v) is 7.28. The lowest BCUT2D eigenvalue weighted by Crippen LogP contribution is -2.23. The fourth-order valence-corrected chi connectivity index (χ4v) is 4.28. The van der Waals surface area contributed by atoms with Crippen molar-refractivity contribution in [3.05, 3.63) is 0 Å². The number of rotatable bonds is 6. The van der Waals surface area contributed by atoms with Crippen LogP contribution in [-0.4, -0.2) is 13.8 Å². The first-order valence-electron chi connectivity index (χ1n) is 5.31. The van der Waals surface area contributed by atoms with Gasteiger partial charge in [-0.1, -0.05) is 53.4 Å². The highest BCUT2D eigenvalue weighted by Gasteiger charge is 2.21. The third-order valence-corrected chi connectivity index (χ3v) is 5.65. The molecule has 0 saturated heterocycles. The Balaban J connectivity index is 3.73. The minimum atomic E-state index is -1.43. The van der Waals surface area contributed by atoms with E-state index >= 15 is 0 Å². The molecular weight excluding hydrogens is 164 g/mol. The molecule has 0 aromatic rings. The third kappa shape index (κ3) is 4.26. The predicted molar refractivity (Wildman–Crippen MR) is 58.0 cm³/mol. The van der Waals surface area contributed by atoms with Gasteiger partial charge < -0.3 is 4.80 Å². The first kappa shape index (κ1) is 12.2. The largest absolute Gasteiger partial charge is 0.434 e. The van der Waals surface area contributed by atoms with Crippen LogP contribution in [0, 0.1) is 0 Å². The molecule has 2 unspecified atom stereocenters. The van der Waals surface area contributed by atoms with Crippen LogP contribution in [0.1, 0.15) is 53.4 Å². The molecule has 1 N–H and O–H groups in total. The second-order valence-electron chi connectivity index (χ2n) is 4.02. The van der Waals surface area contributed by atoms with Crippen molar-refractivity contribution in [2.75, 3.05) is 0 Å². The van der Waals surface area contributed by atoms with Crippen LogP contribution in [0.5, 0.6) is 0 Å². The zero-order valence-corrected chi connectivity index (χ0v) is 10.2. The van der Waals surface area contributed by atoms with E-state index in [1.54, 1.807) is 0 Å². The fraction of sp³-hybridized carbons (Fsp3) is 1.00. The minimum Gasteiger partial charge on any atom is -0.434 e. The molecule has 74 valence electrons. The summed E-state index contributed by atoms with van der Waals surface area (Å²) in [6.07, 6.45) is 4.84. The third-order valence-electron chi connectivity index (χ3n) is 2.65. The van der Waals surface area contributed by atoms with Crippen LogP contribution in [0.2, 0.25) is 11.1 Å². The van der Waals surface area contributed by atoms with Crippen LogP contribution in [0.3, 0.4) is 0 Å². The maximum Gasteiger partial charge on any atom is 0.178 e. The fourth-order valence-electron chi connectivity index (χ4n) is 1.81.